The zero-order chi connectivity index (χ0) is 14.7. The molecule has 1 aromatic heterocycles. The van der Waals surface area contributed by atoms with Crippen molar-refractivity contribution in [1.29, 1.82) is 0 Å². The van der Waals surface area contributed by atoms with Crippen molar-refractivity contribution in [3.63, 3.8) is 0 Å². The van der Waals surface area contributed by atoms with Crippen molar-refractivity contribution in [2.45, 2.75) is 26.2 Å². The van der Waals surface area contributed by atoms with Crippen molar-refractivity contribution < 1.29 is 9.53 Å². The summed E-state index contributed by atoms with van der Waals surface area (Å²) in [7, 11) is 0. The summed E-state index contributed by atoms with van der Waals surface area (Å²) in [6.45, 7) is 2.35. The molecule has 110 valence electrons. The summed E-state index contributed by atoms with van der Waals surface area (Å²) in [5.74, 6) is 0.284. The molecule has 21 heavy (non-hydrogen) atoms. The van der Waals surface area contributed by atoms with Crippen LogP contribution in [0.4, 0.5) is 5.95 Å². The van der Waals surface area contributed by atoms with Crippen molar-refractivity contribution in [2.24, 2.45) is 5.92 Å². The Balaban J connectivity index is 1.63. The number of benzene rings is 1. The number of aryl methyl sites for hydroxylation is 1. The summed E-state index contributed by atoms with van der Waals surface area (Å²) >= 11 is 0. The van der Waals surface area contributed by atoms with Crippen LogP contribution in [0.15, 0.2) is 24.3 Å². The maximum absolute atomic E-state index is 12.3. The van der Waals surface area contributed by atoms with Gasteiger partial charge in [0.15, 0.2) is 0 Å². The van der Waals surface area contributed by atoms with Crippen LogP contribution in [-0.4, -0.2) is 27.7 Å². The van der Waals surface area contributed by atoms with Gasteiger partial charge in [0.05, 0.1) is 6.61 Å². The Morgan fingerprint density at radius 3 is 3.05 bits per heavy atom. The lowest BCUT2D eigenvalue weighted by molar-refractivity contribution is -0.120. The highest BCUT2D eigenvalue weighted by Gasteiger charge is 2.25. The molecule has 0 aliphatic heterocycles. The van der Waals surface area contributed by atoms with Gasteiger partial charge in [-0.3, -0.25) is 10.1 Å². The van der Waals surface area contributed by atoms with Gasteiger partial charge in [0, 0.05) is 5.92 Å². The number of ether oxygens (including phenoxy) is 1. The van der Waals surface area contributed by atoms with Gasteiger partial charge < -0.3 is 4.74 Å². The number of fused-ring (bicyclic) bond motifs is 1. The molecule has 1 aliphatic carbocycles. The summed E-state index contributed by atoms with van der Waals surface area (Å²) in [6.07, 6.45) is 2.57. The number of carbonyl (C=O) groups excluding carboxylic acids is 1. The monoisotopic (exact) mass is 286 g/mol. The van der Waals surface area contributed by atoms with Gasteiger partial charge in [-0.1, -0.05) is 24.3 Å². The molecular formula is C15H18N4O2. The molecule has 1 amide bonds. The quantitative estimate of drug-likeness (QED) is 0.900. The minimum Gasteiger partial charge on any atom is -0.463 e. The van der Waals surface area contributed by atoms with Crippen LogP contribution in [0.5, 0.6) is 6.01 Å². The number of amides is 1. The number of aromatic nitrogens is 3. The van der Waals surface area contributed by atoms with Crippen molar-refractivity contribution in [3.05, 3.63) is 35.4 Å². The zero-order valence-corrected chi connectivity index (χ0v) is 11.9. The first-order chi connectivity index (χ1) is 10.3. The first-order valence-electron chi connectivity index (χ1n) is 7.19. The summed E-state index contributed by atoms with van der Waals surface area (Å²) in [6, 6.07) is 8.54. The lowest BCUT2D eigenvalue weighted by atomic mass is 9.83. The molecule has 1 atom stereocenters. The van der Waals surface area contributed by atoms with E-state index in [1.807, 2.05) is 19.1 Å². The van der Waals surface area contributed by atoms with E-state index < -0.39 is 0 Å². The minimum absolute atomic E-state index is 0.0244. The number of aromatic amines is 1. The fourth-order valence-corrected chi connectivity index (χ4v) is 2.64. The Bertz CT molecular complexity index is 638. The summed E-state index contributed by atoms with van der Waals surface area (Å²) in [5.41, 5.74) is 2.61. The molecule has 1 unspecified atom stereocenters. The molecule has 1 aromatic carbocycles. The normalized spacial score (nSPS) is 17.1. The largest absolute Gasteiger partial charge is 0.463 e. The topological polar surface area (TPSA) is 79.9 Å². The Morgan fingerprint density at radius 1 is 1.43 bits per heavy atom. The average Bonchev–Trinajstić information content (AvgIpc) is 2.94. The highest BCUT2D eigenvalue weighted by molar-refractivity contribution is 5.91. The smallest absolute Gasteiger partial charge is 0.337 e. The van der Waals surface area contributed by atoms with Crippen molar-refractivity contribution in [1.82, 2.24) is 15.2 Å². The summed E-state index contributed by atoms with van der Waals surface area (Å²) < 4.78 is 5.16. The molecule has 0 fully saturated rings. The van der Waals surface area contributed by atoms with Crippen LogP contribution in [0.1, 0.15) is 24.5 Å². The average molecular weight is 286 g/mol. The Hall–Kier alpha value is -2.37. The number of hydrogen-bond acceptors (Lipinski definition) is 4. The van der Waals surface area contributed by atoms with Gasteiger partial charge in [-0.2, -0.15) is 4.98 Å². The van der Waals surface area contributed by atoms with E-state index in [2.05, 4.69) is 32.6 Å². The summed E-state index contributed by atoms with van der Waals surface area (Å²) in [5, 5.41) is 9.30. The van der Waals surface area contributed by atoms with E-state index in [0.717, 1.165) is 19.3 Å². The number of nitrogens with one attached hydrogen (secondary N) is 2. The second kappa shape index (κ2) is 5.95. The van der Waals surface area contributed by atoms with E-state index in [0.29, 0.717) is 12.6 Å². The second-order valence-corrected chi connectivity index (χ2v) is 5.10. The lowest BCUT2D eigenvalue weighted by Gasteiger charge is -2.23. The molecule has 6 nitrogen and oxygen atoms in total. The maximum atomic E-state index is 12.3. The van der Waals surface area contributed by atoms with E-state index in [4.69, 9.17) is 4.74 Å². The van der Waals surface area contributed by atoms with Crippen LogP contribution < -0.4 is 10.1 Å². The fraction of sp³-hybridized carbons (Fsp3) is 0.400. The van der Waals surface area contributed by atoms with E-state index in [1.165, 1.54) is 11.1 Å². The van der Waals surface area contributed by atoms with Gasteiger partial charge in [-0.25, -0.2) is 5.10 Å². The molecule has 6 heteroatoms. The molecule has 0 saturated heterocycles. The number of hydrogen-bond donors (Lipinski definition) is 2. The standard InChI is InChI=1S/C15H18N4O2/c1-2-21-15-17-14(18-19-15)16-13(20)12-8-7-10-5-3-4-6-11(10)9-12/h3-6,12H,2,7-9H2,1H3,(H2,16,17,18,19,20). The first kappa shape index (κ1) is 13.6. The highest BCUT2D eigenvalue weighted by atomic mass is 16.5. The number of anilines is 1. The van der Waals surface area contributed by atoms with E-state index in [1.54, 1.807) is 0 Å². The fourth-order valence-electron chi connectivity index (χ4n) is 2.64. The van der Waals surface area contributed by atoms with Crippen LogP contribution in [0.3, 0.4) is 0 Å². The van der Waals surface area contributed by atoms with Crippen LogP contribution in [0.2, 0.25) is 0 Å². The third-order valence-electron chi connectivity index (χ3n) is 3.70. The minimum atomic E-state index is -0.0273. The molecule has 2 N–H and O–H groups in total. The Kier molecular flexibility index (Phi) is 3.85. The maximum Gasteiger partial charge on any atom is 0.337 e. The van der Waals surface area contributed by atoms with E-state index in [-0.39, 0.29) is 17.8 Å². The van der Waals surface area contributed by atoms with Crippen molar-refractivity contribution in [2.75, 3.05) is 11.9 Å². The molecule has 3 rings (SSSR count). The second-order valence-electron chi connectivity index (χ2n) is 5.10. The van der Waals surface area contributed by atoms with Gasteiger partial charge in [0.1, 0.15) is 0 Å². The van der Waals surface area contributed by atoms with Gasteiger partial charge in [0.25, 0.3) is 0 Å². The highest BCUT2D eigenvalue weighted by Crippen LogP contribution is 2.26. The summed E-state index contributed by atoms with van der Waals surface area (Å²) in [4.78, 5) is 16.4. The van der Waals surface area contributed by atoms with E-state index in [9.17, 15) is 4.79 Å². The predicted octanol–water partition coefficient (Wildman–Crippen LogP) is 1.95. The van der Waals surface area contributed by atoms with Crippen molar-refractivity contribution >= 4 is 11.9 Å². The van der Waals surface area contributed by atoms with Crippen molar-refractivity contribution in [3.8, 4) is 6.01 Å². The number of rotatable bonds is 4. The molecular weight excluding hydrogens is 268 g/mol. The van der Waals surface area contributed by atoms with Crippen LogP contribution in [0, 0.1) is 5.92 Å². The first-order valence-corrected chi connectivity index (χ1v) is 7.19. The number of nitrogens with zero attached hydrogens (tertiary/aromatic N) is 2. The van der Waals surface area contributed by atoms with E-state index >= 15 is 0 Å². The zero-order valence-electron chi connectivity index (χ0n) is 11.9. The van der Waals surface area contributed by atoms with Gasteiger partial charge in [0.2, 0.25) is 11.9 Å². The Morgan fingerprint density at radius 2 is 2.24 bits per heavy atom. The van der Waals surface area contributed by atoms with Crippen LogP contribution in [-0.2, 0) is 17.6 Å². The molecule has 0 spiro atoms. The van der Waals surface area contributed by atoms with Gasteiger partial charge in [-0.15, -0.1) is 5.10 Å². The number of carbonyl (C=O) groups is 1. The molecule has 0 saturated carbocycles. The number of H-pyrrole nitrogens is 1. The van der Waals surface area contributed by atoms with Crippen LogP contribution >= 0.6 is 0 Å². The Labute approximate surface area is 122 Å². The van der Waals surface area contributed by atoms with Gasteiger partial charge in [-0.05, 0) is 37.3 Å². The third kappa shape index (κ3) is 3.04. The van der Waals surface area contributed by atoms with Crippen LogP contribution in [0.25, 0.3) is 0 Å². The predicted molar refractivity (Wildman–Crippen MR) is 78.1 cm³/mol. The molecule has 0 bridgehead atoms. The molecule has 0 radical (unpaired) electrons. The SMILES string of the molecule is CCOc1n[nH]c(NC(=O)C2CCc3ccccc3C2)n1. The molecule has 1 aliphatic rings. The molecule has 2 aromatic rings. The third-order valence-corrected chi connectivity index (χ3v) is 3.70. The van der Waals surface area contributed by atoms with Gasteiger partial charge >= 0.3 is 6.01 Å². The lowest BCUT2D eigenvalue weighted by Crippen LogP contribution is -2.28. The molecule has 1 heterocycles.